The molecule has 0 saturated carbocycles. The standard InChI is InChI=1S/C18H24FNO/c1-3-4-7-18(15-8-10-16(19)11-9-15)20-14(2)13-17-6-5-12-21-17/h5-6,8-12,14,18,20H,3-4,7,13H2,1-2H3. The van der Waals surface area contributed by atoms with Crippen LogP contribution in [0.1, 0.15) is 50.5 Å². The average molecular weight is 289 g/mol. The first kappa shape index (κ1) is 15.8. The zero-order valence-electron chi connectivity index (χ0n) is 12.8. The van der Waals surface area contributed by atoms with Gasteiger partial charge in [-0.1, -0.05) is 31.9 Å². The van der Waals surface area contributed by atoms with E-state index < -0.39 is 0 Å². The Kier molecular flexibility index (Phi) is 6.00. The fraction of sp³-hybridized carbons (Fsp3) is 0.444. The highest BCUT2D eigenvalue weighted by Crippen LogP contribution is 2.21. The van der Waals surface area contributed by atoms with Crippen molar-refractivity contribution in [3.8, 4) is 0 Å². The van der Waals surface area contributed by atoms with E-state index >= 15 is 0 Å². The van der Waals surface area contributed by atoms with Crippen molar-refractivity contribution in [3.63, 3.8) is 0 Å². The summed E-state index contributed by atoms with van der Waals surface area (Å²) in [7, 11) is 0. The highest BCUT2D eigenvalue weighted by molar-refractivity contribution is 5.20. The number of halogens is 1. The lowest BCUT2D eigenvalue weighted by Crippen LogP contribution is -2.32. The molecule has 2 atom stereocenters. The van der Waals surface area contributed by atoms with Crippen molar-refractivity contribution in [2.45, 2.75) is 51.6 Å². The molecule has 0 saturated heterocycles. The molecular formula is C18H24FNO. The molecule has 1 aromatic heterocycles. The minimum atomic E-state index is -0.184. The van der Waals surface area contributed by atoms with Crippen LogP contribution in [-0.4, -0.2) is 6.04 Å². The van der Waals surface area contributed by atoms with E-state index in [1.165, 1.54) is 12.1 Å². The Hall–Kier alpha value is -1.61. The van der Waals surface area contributed by atoms with Crippen LogP contribution in [0.2, 0.25) is 0 Å². The molecule has 2 unspecified atom stereocenters. The van der Waals surface area contributed by atoms with Crippen LogP contribution in [-0.2, 0) is 6.42 Å². The van der Waals surface area contributed by atoms with E-state index in [0.717, 1.165) is 37.0 Å². The molecule has 0 aliphatic carbocycles. The molecule has 2 nitrogen and oxygen atoms in total. The first-order valence-electron chi connectivity index (χ1n) is 7.73. The number of hydrogen-bond donors (Lipinski definition) is 1. The van der Waals surface area contributed by atoms with E-state index in [-0.39, 0.29) is 11.9 Å². The molecule has 114 valence electrons. The van der Waals surface area contributed by atoms with Crippen LogP contribution >= 0.6 is 0 Å². The van der Waals surface area contributed by atoms with E-state index in [9.17, 15) is 4.39 Å². The summed E-state index contributed by atoms with van der Waals surface area (Å²) < 4.78 is 18.5. The molecule has 1 aromatic carbocycles. The Morgan fingerprint density at radius 3 is 2.57 bits per heavy atom. The zero-order chi connectivity index (χ0) is 15.1. The van der Waals surface area contributed by atoms with Crippen molar-refractivity contribution in [3.05, 3.63) is 59.8 Å². The van der Waals surface area contributed by atoms with E-state index in [4.69, 9.17) is 4.42 Å². The van der Waals surface area contributed by atoms with Crippen LogP contribution < -0.4 is 5.32 Å². The van der Waals surface area contributed by atoms with Gasteiger partial charge >= 0.3 is 0 Å². The number of hydrogen-bond acceptors (Lipinski definition) is 2. The summed E-state index contributed by atoms with van der Waals surface area (Å²) >= 11 is 0. The third-order valence-electron chi connectivity index (χ3n) is 3.69. The summed E-state index contributed by atoms with van der Waals surface area (Å²) in [5.41, 5.74) is 1.15. The van der Waals surface area contributed by atoms with Crippen LogP contribution in [0.3, 0.4) is 0 Å². The monoisotopic (exact) mass is 289 g/mol. The molecular weight excluding hydrogens is 265 g/mol. The van der Waals surface area contributed by atoms with Crippen LogP contribution in [0.5, 0.6) is 0 Å². The first-order valence-corrected chi connectivity index (χ1v) is 7.73. The van der Waals surface area contributed by atoms with Gasteiger partial charge in [0.25, 0.3) is 0 Å². The van der Waals surface area contributed by atoms with Gasteiger partial charge in [-0.05, 0) is 43.2 Å². The van der Waals surface area contributed by atoms with Crippen LogP contribution in [0.15, 0.2) is 47.1 Å². The molecule has 2 aromatic rings. The Morgan fingerprint density at radius 1 is 1.19 bits per heavy atom. The molecule has 0 amide bonds. The van der Waals surface area contributed by atoms with Crippen LogP contribution in [0, 0.1) is 5.82 Å². The van der Waals surface area contributed by atoms with E-state index in [2.05, 4.69) is 19.2 Å². The molecule has 0 spiro atoms. The van der Waals surface area contributed by atoms with Gasteiger partial charge in [0.05, 0.1) is 6.26 Å². The summed E-state index contributed by atoms with van der Waals surface area (Å²) in [6.45, 7) is 4.35. The maximum absolute atomic E-state index is 13.1. The van der Waals surface area contributed by atoms with Crippen molar-refractivity contribution < 1.29 is 8.81 Å². The maximum atomic E-state index is 13.1. The highest BCUT2D eigenvalue weighted by atomic mass is 19.1. The van der Waals surface area contributed by atoms with Crippen molar-refractivity contribution >= 4 is 0 Å². The molecule has 0 bridgehead atoms. The summed E-state index contributed by atoms with van der Waals surface area (Å²) in [6.07, 6.45) is 5.94. The van der Waals surface area contributed by atoms with E-state index in [0.29, 0.717) is 6.04 Å². The van der Waals surface area contributed by atoms with Gasteiger partial charge in [0, 0.05) is 18.5 Å². The third-order valence-corrected chi connectivity index (χ3v) is 3.69. The molecule has 2 rings (SSSR count). The van der Waals surface area contributed by atoms with Gasteiger partial charge in [0.2, 0.25) is 0 Å². The Labute approximate surface area is 126 Å². The second-order valence-electron chi connectivity index (χ2n) is 5.60. The Bertz CT molecular complexity index is 507. The van der Waals surface area contributed by atoms with E-state index in [1.807, 2.05) is 24.3 Å². The summed E-state index contributed by atoms with van der Waals surface area (Å²) in [5, 5.41) is 3.64. The van der Waals surface area contributed by atoms with Gasteiger partial charge in [-0.15, -0.1) is 0 Å². The minimum absolute atomic E-state index is 0.184. The maximum Gasteiger partial charge on any atom is 0.123 e. The summed E-state index contributed by atoms with van der Waals surface area (Å²) in [4.78, 5) is 0. The minimum Gasteiger partial charge on any atom is -0.469 e. The average Bonchev–Trinajstić information content (AvgIpc) is 2.97. The van der Waals surface area contributed by atoms with Crippen molar-refractivity contribution in [2.24, 2.45) is 0 Å². The lowest BCUT2D eigenvalue weighted by atomic mass is 9.99. The largest absolute Gasteiger partial charge is 0.469 e. The van der Waals surface area contributed by atoms with Crippen molar-refractivity contribution in [1.82, 2.24) is 5.32 Å². The molecule has 0 radical (unpaired) electrons. The smallest absolute Gasteiger partial charge is 0.123 e. The second-order valence-corrected chi connectivity index (χ2v) is 5.60. The number of benzene rings is 1. The zero-order valence-corrected chi connectivity index (χ0v) is 12.8. The predicted octanol–water partition coefficient (Wildman–Crippen LogP) is 4.87. The van der Waals surface area contributed by atoms with Gasteiger partial charge in [-0.25, -0.2) is 4.39 Å². The molecule has 1 N–H and O–H groups in total. The molecule has 1 heterocycles. The van der Waals surface area contributed by atoms with Gasteiger partial charge in [-0.3, -0.25) is 0 Å². The predicted molar refractivity (Wildman–Crippen MR) is 83.7 cm³/mol. The van der Waals surface area contributed by atoms with Gasteiger partial charge in [0.1, 0.15) is 11.6 Å². The molecule has 0 aliphatic rings. The van der Waals surface area contributed by atoms with Crippen molar-refractivity contribution in [1.29, 1.82) is 0 Å². The lowest BCUT2D eigenvalue weighted by Gasteiger charge is -2.23. The van der Waals surface area contributed by atoms with Gasteiger partial charge in [-0.2, -0.15) is 0 Å². The van der Waals surface area contributed by atoms with Gasteiger partial charge < -0.3 is 9.73 Å². The number of rotatable bonds is 8. The molecule has 21 heavy (non-hydrogen) atoms. The quantitative estimate of drug-likeness (QED) is 0.750. The lowest BCUT2D eigenvalue weighted by molar-refractivity contribution is 0.396. The number of furan rings is 1. The summed E-state index contributed by atoms with van der Waals surface area (Å²) in [6, 6.07) is 11.3. The second kappa shape index (κ2) is 7.99. The molecule has 0 aliphatic heterocycles. The first-order chi connectivity index (χ1) is 10.2. The Balaban J connectivity index is 1.99. The number of nitrogens with one attached hydrogen (secondary N) is 1. The molecule has 3 heteroatoms. The highest BCUT2D eigenvalue weighted by Gasteiger charge is 2.15. The topological polar surface area (TPSA) is 25.2 Å². The normalized spacial score (nSPS) is 14.0. The van der Waals surface area contributed by atoms with Crippen LogP contribution in [0.25, 0.3) is 0 Å². The fourth-order valence-corrected chi connectivity index (χ4v) is 2.58. The molecule has 0 fully saturated rings. The number of unbranched alkanes of at least 4 members (excludes halogenated alkanes) is 1. The SMILES string of the molecule is CCCCC(NC(C)Cc1ccco1)c1ccc(F)cc1. The fourth-order valence-electron chi connectivity index (χ4n) is 2.58. The van der Waals surface area contributed by atoms with Gasteiger partial charge in [0.15, 0.2) is 0 Å². The Morgan fingerprint density at radius 2 is 1.95 bits per heavy atom. The summed E-state index contributed by atoms with van der Waals surface area (Å²) in [5.74, 6) is 0.806. The van der Waals surface area contributed by atoms with E-state index in [1.54, 1.807) is 6.26 Å². The third kappa shape index (κ3) is 5.01. The van der Waals surface area contributed by atoms with Crippen molar-refractivity contribution in [2.75, 3.05) is 0 Å². The van der Waals surface area contributed by atoms with Crippen LogP contribution in [0.4, 0.5) is 4.39 Å².